The molecule has 1 aromatic carbocycles. The fraction of sp³-hybridized carbons (Fsp3) is 0.333. The van der Waals surface area contributed by atoms with Crippen LogP contribution in [-0.2, 0) is 5.75 Å². The minimum atomic E-state index is 0.245. The zero-order chi connectivity index (χ0) is 13.7. The van der Waals surface area contributed by atoms with Crippen molar-refractivity contribution in [3.05, 3.63) is 46.6 Å². The van der Waals surface area contributed by atoms with E-state index in [1.54, 1.807) is 11.8 Å². The molecule has 0 aliphatic rings. The van der Waals surface area contributed by atoms with E-state index in [1.807, 2.05) is 43.3 Å². The molecule has 102 valence electrons. The molecule has 0 saturated carbocycles. The van der Waals surface area contributed by atoms with Gasteiger partial charge in [0, 0.05) is 16.6 Å². The minimum absolute atomic E-state index is 0.245. The molecule has 1 heterocycles. The summed E-state index contributed by atoms with van der Waals surface area (Å²) in [5.41, 5.74) is 1.09. The van der Waals surface area contributed by atoms with Crippen LogP contribution in [0.1, 0.15) is 12.7 Å². The molecule has 19 heavy (non-hydrogen) atoms. The number of furan rings is 1. The number of hydrogen-bond donors (Lipinski definition) is 1. The molecule has 0 amide bonds. The fourth-order valence-electron chi connectivity index (χ4n) is 1.64. The average molecular weight is 341 g/mol. The third-order valence-electron chi connectivity index (χ3n) is 2.75. The molecule has 0 radical (unpaired) electrons. The van der Waals surface area contributed by atoms with Gasteiger partial charge in [0.2, 0.25) is 0 Å². The molecular formula is C15H17BrO2S. The number of thioether (sulfide) groups is 1. The van der Waals surface area contributed by atoms with Crippen LogP contribution in [-0.4, -0.2) is 17.5 Å². The molecule has 1 atom stereocenters. The second kappa shape index (κ2) is 7.17. The first-order chi connectivity index (χ1) is 9.19. The molecule has 0 saturated heterocycles. The molecule has 1 N–H and O–H groups in total. The summed E-state index contributed by atoms with van der Waals surface area (Å²) < 4.78 is 6.89. The van der Waals surface area contributed by atoms with Crippen molar-refractivity contribution in [3.63, 3.8) is 0 Å². The number of benzene rings is 1. The predicted molar refractivity (Wildman–Crippen MR) is 84.3 cm³/mol. The highest BCUT2D eigenvalue weighted by molar-refractivity contribution is 9.10. The molecule has 1 unspecified atom stereocenters. The monoisotopic (exact) mass is 340 g/mol. The molecule has 0 spiro atoms. The smallest absolute Gasteiger partial charge is 0.134 e. The van der Waals surface area contributed by atoms with E-state index in [-0.39, 0.29) is 6.61 Å². The van der Waals surface area contributed by atoms with Crippen molar-refractivity contribution in [2.45, 2.75) is 12.7 Å². The lowest BCUT2D eigenvalue weighted by molar-refractivity contribution is 0.250. The van der Waals surface area contributed by atoms with Crippen molar-refractivity contribution >= 4 is 27.7 Å². The molecular weight excluding hydrogens is 324 g/mol. The van der Waals surface area contributed by atoms with E-state index in [2.05, 4.69) is 15.9 Å². The lowest BCUT2D eigenvalue weighted by atomic mass is 10.2. The Hall–Kier alpha value is -0.710. The third-order valence-corrected chi connectivity index (χ3v) is 4.57. The van der Waals surface area contributed by atoms with E-state index >= 15 is 0 Å². The first-order valence-corrected chi connectivity index (χ1v) is 8.17. The quantitative estimate of drug-likeness (QED) is 0.835. The summed E-state index contributed by atoms with van der Waals surface area (Å²) in [6.07, 6.45) is 0. The first-order valence-electron chi connectivity index (χ1n) is 6.22. The van der Waals surface area contributed by atoms with Crippen molar-refractivity contribution in [1.29, 1.82) is 0 Å². The lowest BCUT2D eigenvalue weighted by Gasteiger charge is -2.05. The van der Waals surface area contributed by atoms with E-state index in [9.17, 15) is 0 Å². The van der Waals surface area contributed by atoms with Gasteiger partial charge in [0.05, 0.1) is 5.75 Å². The van der Waals surface area contributed by atoms with Gasteiger partial charge in [0.25, 0.3) is 0 Å². The lowest BCUT2D eigenvalue weighted by Crippen LogP contribution is -2.03. The second-order valence-electron chi connectivity index (χ2n) is 4.58. The Balaban J connectivity index is 1.93. The van der Waals surface area contributed by atoms with Gasteiger partial charge in [-0.3, -0.25) is 0 Å². The third kappa shape index (κ3) is 4.41. The summed E-state index contributed by atoms with van der Waals surface area (Å²) in [7, 11) is 0. The van der Waals surface area contributed by atoms with E-state index < -0.39 is 0 Å². The van der Waals surface area contributed by atoms with Crippen LogP contribution >= 0.6 is 27.7 Å². The fourth-order valence-corrected chi connectivity index (χ4v) is 2.88. The van der Waals surface area contributed by atoms with Gasteiger partial charge >= 0.3 is 0 Å². The van der Waals surface area contributed by atoms with Gasteiger partial charge < -0.3 is 9.52 Å². The molecule has 4 heteroatoms. The summed E-state index contributed by atoms with van der Waals surface area (Å²) in [6, 6.07) is 12.1. The SMILES string of the molecule is CC(CO)CSCc1ccc(-c2ccc(Br)cc2)o1. The van der Waals surface area contributed by atoms with Crippen molar-refractivity contribution in [2.75, 3.05) is 12.4 Å². The first kappa shape index (κ1) is 14.7. The maximum Gasteiger partial charge on any atom is 0.134 e. The van der Waals surface area contributed by atoms with E-state index in [0.717, 1.165) is 33.1 Å². The van der Waals surface area contributed by atoms with Crippen molar-refractivity contribution in [2.24, 2.45) is 5.92 Å². The topological polar surface area (TPSA) is 33.4 Å². The van der Waals surface area contributed by atoms with Crippen LogP contribution < -0.4 is 0 Å². The van der Waals surface area contributed by atoms with Crippen molar-refractivity contribution in [3.8, 4) is 11.3 Å². The molecule has 0 aliphatic heterocycles. The van der Waals surface area contributed by atoms with E-state index in [4.69, 9.17) is 9.52 Å². The maximum atomic E-state index is 8.97. The summed E-state index contributed by atoms with van der Waals surface area (Å²) in [4.78, 5) is 0. The largest absolute Gasteiger partial charge is 0.460 e. The normalized spacial score (nSPS) is 12.6. The van der Waals surface area contributed by atoms with Crippen LogP contribution in [0.5, 0.6) is 0 Å². The Morgan fingerprint density at radius 2 is 1.95 bits per heavy atom. The number of hydrogen-bond acceptors (Lipinski definition) is 3. The van der Waals surface area contributed by atoms with Gasteiger partial charge in [-0.2, -0.15) is 11.8 Å². The van der Waals surface area contributed by atoms with Crippen LogP contribution in [0.3, 0.4) is 0 Å². The number of rotatable bonds is 6. The summed E-state index contributed by atoms with van der Waals surface area (Å²) in [5.74, 6) is 4.02. The number of halogens is 1. The molecule has 2 aromatic rings. The van der Waals surface area contributed by atoms with Gasteiger partial charge in [-0.1, -0.05) is 35.0 Å². The zero-order valence-corrected chi connectivity index (χ0v) is 13.2. The van der Waals surface area contributed by atoms with Crippen LogP contribution in [0.4, 0.5) is 0 Å². The Bertz CT molecular complexity index is 507. The maximum absolute atomic E-state index is 8.97. The molecule has 0 aliphatic carbocycles. The van der Waals surface area contributed by atoms with Crippen molar-refractivity contribution < 1.29 is 9.52 Å². The second-order valence-corrected chi connectivity index (χ2v) is 6.52. The number of aliphatic hydroxyl groups is 1. The van der Waals surface area contributed by atoms with Crippen LogP contribution in [0.2, 0.25) is 0 Å². The van der Waals surface area contributed by atoms with Crippen LogP contribution in [0.15, 0.2) is 45.3 Å². The van der Waals surface area contributed by atoms with Gasteiger partial charge in [-0.05, 0) is 35.9 Å². The predicted octanol–water partition coefficient (Wildman–Crippen LogP) is 4.57. The molecule has 0 bridgehead atoms. The highest BCUT2D eigenvalue weighted by atomic mass is 79.9. The Labute approximate surface area is 126 Å². The minimum Gasteiger partial charge on any atom is -0.460 e. The Kier molecular flexibility index (Phi) is 5.55. The summed E-state index contributed by atoms with van der Waals surface area (Å²) in [5, 5.41) is 8.97. The van der Waals surface area contributed by atoms with Gasteiger partial charge in [0.1, 0.15) is 11.5 Å². The standard InChI is InChI=1S/C15H17BrO2S/c1-11(8-17)9-19-10-14-6-7-15(18-14)12-2-4-13(16)5-3-12/h2-7,11,17H,8-10H2,1H3. The summed E-state index contributed by atoms with van der Waals surface area (Å²) >= 11 is 5.21. The highest BCUT2D eigenvalue weighted by Gasteiger charge is 2.06. The zero-order valence-electron chi connectivity index (χ0n) is 10.8. The molecule has 0 fully saturated rings. The molecule has 2 nitrogen and oxygen atoms in total. The van der Waals surface area contributed by atoms with Gasteiger partial charge in [-0.15, -0.1) is 0 Å². The van der Waals surface area contributed by atoms with Crippen molar-refractivity contribution in [1.82, 2.24) is 0 Å². The Morgan fingerprint density at radius 3 is 2.63 bits per heavy atom. The van der Waals surface area contributed by atoms with E-state index in [0.29, 0.717) is 5.92 Å². The van der Waals surface area contributed by atoms with Crippen LogP contribution in [0.25, 0.3) is 11.3 Å². The van der Waals surface area contributed by atoms with Gasteiger partial charge in [-0.25, -0.2) is 0 Å². The molecule has 2 rings (SSSR count). The van der Waals surface area contributed by atoms with Gasteiger partial charge in [0.15, 0.2) is 0 Å². The van der Waals surface area contributed by atoms with E-state index in [1.165, 1.54) is 0 Å². The number of aliphatic hydroxyl groups excluding tert-OH is 1. The molecule has 1 aromatic heterocycles. The highest BCUT2D eigenvalue weighted by Crippen LogP contribution is 2.26. The van der Waals surface area contributed by atoms with Crippen LogP contribution in [0, 0.1) is 5.92 Å². The summed E-state index contributed by atoms with van der Waals surface area (Å²) in [6.45, 7) is 2.29. The average Bonchev–Trinajstić information content (AvgIpc) is 2.88. The Morgan fingerprint density at radius 1 is 1.21 bits per heavy atom.